The van der Waals surface area contributed by atoms with Gasteiger partial charge in [-0.2, -0.15) is 0 Å². The fourth-order valence-corrected chi connectivity index (χ4v) is 1.70. The number of nitrogens with zero attached hydrogens (tertiary/aromatic N) is 2. The van der Waals surface area contributed by atoms with Crippen molar-refractivity contribution in [1.29, 1.82) is 0 Å². The molecule has 0 spiro atoms. The van der Waals surface area contributed by atoms with Crippen molar-refractivity contribution in [3.8, 4) is 0 Å². The van der Waals surface area contributed by atoms with E-state index in [2.05, 4.69) is 9.97 Å². The normalized spacial score (nSPS) is 10.4. The number of ketones is 1. The van der Waals surface area contributed by atoms with Gasteiger partial charge in [0.2, 0.25) is 0 Å². The zero-order valence-electron chi connectivity index (χ0n) is 9.65. The molecular weight excluding hydrogens is 255 g/mol. The highest BCUT2D eigenvalue weighted by Gasteiger charge is 2.11. The minimum absolute atomic E-state index is 0.0802. The van der Waals surface area contributed by atoms with Gasteiger partial charge in [0.05, 0.1) is 11.9 Å². The number of carbonyl (C=O) groups excluding carboxylic acids is 1. The number of benzene rings is 1. The number of carbonyl (C=O) groups is 1. The van der Waals surface area contributed by atoms with E-state index in [-0.39, 0.29) is 22.9 Å². The van der Waals surface area contributed by atoms with Crippen LogP contribution in [0, 0.1) is 12.7 Å². The maximum atomic E-state index is 12.9. The van der Waals surface area contributed by atoms with Crippen LogP contribution in [0.25, 0.3) is 0 Å². The van der Waals surface area contributed by atoms with Gasteiger partial charge in [-0.05, 0) is 24.6 Å². The summed E-state index contributed by atoms with van der Waals surface area (Å²) in [4.78, 5) is 19.9. The van der Waals surface area contributed by atoms with Crippen LogP contribution in [-0.4, -0.2) is 15.8 Å². The SMILES string of the molecule is Cc1cnc(C(=O)Cc2ccc(F)cc2Cl)cn1. The van der Waals surface area contributed by atoms with Crippen molar-refractivity contribution in [2.75, 3.05) is 0 Å². The van der Waals surface area contributed by atoms with E-state index in [1.54, 1.807) is 6.92 Å². The molecule has 0 saturated heterocycles. The summed E-state index contributed by atoms with van der Waals surface area (Å²) in [5.74, 6) is -0.623. The van der Waals surface area contributed by atoms with E-state index < -0.39 is 5.82 Å². The quantitative estimate of drug-likeness (QED) is 0.801. The predicted molar refractivity (Wildman–Crippen MR) is 66.2 cm³/mol. The lowest BCUT2D eigenvalue weighted by Crippen LogP contribution is -2.07. The summed E-state index contributed by atoms with van der Waals surface area (Å²) in [6, 6.07) is 3.96. The molecule has 5 heteroatoms. The first kappa shape index (κ1) is 12.6. The molecule has 0 aliphatic rings. The lowest BCUT2D eigenvalue weighted by Gasteiger charge is -2.03. The molecule has 2 aromatic rings. The molecule has 0 bridgehead atoms. The van der Waals surface area contributed by atoms with Gasteiger partial charge in [0.15, 0.2) is 5.78 Å². The van der Waals surface area contributed by atoms with Crippen LogP contribution in [0.3, 0.4) is 0 Å². The summed E-state index contributed by atoms with van der Waals surface area (Å²) < 4.78 is 12.9. The molecule has 0 aliphatic heterocycles. The topological polar surface area (TPSA) is 42.9 Å². The summed E-state index contributed by atoms with van der Waals surface area (Å²) in [7, 11) is 0. The number of aromatic nitrogens is 2. The van der Waals surface area contributed by atoms with Crippen molar-refractivity contribution < 1.29 is 9.18 Å². The number of hydrogen-bond acceptors (Lipinski definition) is 3. The molecule has 18 heavy (non-hydrogen) atoms. The third kappa shape index (κ3) is 2.90. The van der Waals surface area contributed by atoms with Crippen molar-refractivity contribution in [2.45, 2.75) is 13.3 Å². The molecule has 0 saturated carbocycles. The highest BCUT2D eigenvalue weighted by Crippen LogP contribution is 2.18. The fraction of sp³-hybridized carbons (Fsp3) is 0.154. The predicted octanol–water partition coefficient (Wildman–Crippen LogP) is 3.00. The number of hydrogen-bond donors (Lipinski definition) is 0. The van der Waals surface area contributed by atoms with Gasteiger partial charge >= 0.3 is 0 Å². The molecule has 0 fully saturated rings. The Morgan fingerprint density at radius 3 is 2.72 bits per heavy atom. The summed E-state index contributed by atoms with van der Waals surface area (Å²) >= 11 is 5.86. The van der Waals surface area contributed by atoms with E-state index >= 15 is 0 Å². The van der Waals surface area contributed by atoms with Gasteiger partial charge < -0.3 is 0 Å². The van der Waals surface area contributed by atoms with E-state index in [0.717, 1.165) is 5.69 Å². The molecule has 0 aliphatic carbocycles. The highest BCUT2D eigenvalue weighted by molar-refractivity contribution is 6.31. The molecule has 0 N–H and O–H groups in total. The lowest BCUT2D eigenvalue weighted by molar-refractivity contribution is 0.0988. The molecule has 1 aromatic heterocycles. The summed E-state index contributed by atoms with van der Waals surface area (Å²) in [6.45, 7) is 1.79. The first-order valence-electron chi connectivity index (χ1n) is 5.32. The molecule has 0 amide bonds. The van der Waals surface area contributed by atoms with Gasteiger partial charge in [-0.25, -0.2) is 9.37 Å². The summed E-state index contributed by atoms with van der Waals surface area (Å²) in [5, 5.41) is 0.239. The third-order valence-electron chi connectivity index (χ3n) is 2.43. The molecule has 1 heterocycles. The average molecular weight is 265 g/mol. The molecule has 0 radical (unpaired) electrons. The van der Waals surface area contributed by atoms with Crippen LogP contribution in [0.1, 0.15) is 21.7 Å². The number of halogens is 2. The molecule has 0 atom stereocenters. The molecular formula is C13H10ClFN2O. The van der Waals surface area contributed by atoms with E-state index in [1.165, 1.54) is 30.6 Å². The first-order valence-corrected chi connectivity index (χ1v) is 5.70. The fourth-order valence-electron chi connectivity index (χ4n) is 1.47. The Morgan fingerprint density at radius 2 is 2.11 bits per heavy atom. The zero-order chi connectivity index (χ0) is 13.1. The van der Waals surface area contributed by atoms with E-state index in [4.69, 9.17) is 11.6 Å². The number of aryl methyl sites for hydroxylation is 1. The molecule has 92 valence electrons. The number of Topliss-reactive ketones (excluding diaryl/α,β-unsaturated/α-hetero) is 1. The Kier molecular flexibility index (Phi) is 3.67. The average Bonchev–Trinajstić information content (AvgIpc) is 2.33. The third-order valence-corrected chi connectivity index (χ3v) is 2.78. The Bertz CT molecular complexity index is 584. The van der Waals surface area contributed by atoms with Crippen molar-refractivity contribution in [3.63, 3.8) is 0 Å². The van der Waals surface area contributed by atoms with E-state index in [0.29, 0.717) is 5.56 Å². The largest absolute Gasteiger partial charge is 0.292 e. The van der Waals surface area contributed by atoms with Gasteiger partial charge in [-0.3, -0.25) is 9.78 Å². The maximum absolute atomic E-state index is 12.9. The molecule has 1 aromatic carbocycles. The minimum atomic E-state index is -0.425. The Balaban J connectivity index is 2.18. The Hall–Kier alpha value is -1.81. The van der Waals surface area contributed by atoms with Crippen LogP contribution < -0.4 is 0 Å². The van der Waals surface area contributed by atoms with Gasteiger partial charge in [0.25, 0.3) is 0 Å². The second-order valence-corrected chi connectivity index (χ2v) is 4.29. The van der Waals surface area contributed by atoms with Crippen LogP contribution in [0.15, 0.2) is 30.6 Å². The van der Waals surface area contributed by atoms with Crippen LogP contribution in [-0.2, 0) is 6.42 Å². The van der Waals surface area contributed by atoms with Crippen molar-refractivity contribution in [3.05, 3.63) is 58.4 Å². The summed E-state index contributed by atoms with van der Waals surface area (Å²) in [6.07, 6.45) is 3.03. The highest BCUT2D eigenvalue weighted by atomic mass is 35.5. The van der Waals surface area contributed by atoms with Gasteiger partial charge in [0, 0.05) is 17.6 Å². The molecule has 3 nitrogen and oxygen atoms in total. The standard InChI is InChI=1S/C13H10ClFN2O/c1-8-6-17-12(7-16-8)13(18)4-9-2-3-10(15)5-11(9)14/h2-3,5-7H,4H2,1H3. The van der Waals surface area contributed by atoms with Crippen molar-refractivity contribution in [2.24, 2.45) is 0 Å². The van der Waals surface area contributed by atoms with E-state index in [1.807, 2.05) is 0 Å². The van der Waals surface area contributed by atoms with Crippen LogP contribution in [0.4, 0.5) is 4.39 Å². The lowest BCUT2D eigenvalue weighted by atomic mass is 10.1. The van der Waals surface area contributed by atoms with Gasteiger partial charge in [0.1, 0.15) is 11.5 Å². The first-order chi connectivity index (χ1) is 8.56. The van der Waals surface area contributed by atoms with Crippen molar-refractivity contribution in [1.82, 2.24) is 9.97 Å². The van der Waals surface area contributed by atoms with Crippen molar-refractivity contribution >= 4 is 17.4 Å². The smallest absolute Gasteiger partial charge is 0.187 e. The zero-order valence-corrected chi connectivity index (χ0v) is 10.4. The molecule has 2 rings (SSSR count). The van der Waals surface area contributed by atoms with Crippen LogP contribution in [0.5, 0.6) is 0 Å². The number of rotatable bonds is 3. The van der Waals surface area contributed by atoms with Crippen LogP contribution >= 0.6 is 11.6 Å². The second-order valence-electron chi connectivity index (χ2n) is 3.88. The minimum Gasteiger partial charge on any atom is -0.292 e. The van der Waals surface area contributed by atoms with Gasteiger partial charge in [-0.15, -0.1) is 0 Å². The second kappa shape index (κ2) is 5.23. The van der Waals surface area contributed by atoms with Crippen LogP contribution in [0.2, 0.25) is 5.02 Å². The Labute approximate surface area is 109 Å². The Morgan fingerprint density at radius 1 is 1.33 bits per heavy atom. The monoisotopic (exact) mass is 264 g/mol. The van der Waals surface area contributed by atoms with Gasteiger partial charge in [-0.1, -0.05) is 17.7 Å². The molecule has 0 unspecified atom stereocenters. The maximum Gasteiger partial charge on any atom is 0.187 e. The van der Waals surface area contributed by atoms with E-state index in [9.17, 15) is 9.18 Å². The summed E-state index contributed by atoms with van der Waals surface area (Å²) in [5.41, 5.74) is 1.60.